The lowest BCUT2D eigenvalue weighted by molar-refractivity contribution is -0.140. The van der Waals surface area contributed by atoms with Gasteiger partial charge in [-0.2, -0.15) is 0 Å². The van der Waals surface area contributed by atoms with E-state index in [9.17, 15) is 4.79 Å². The van der Waals surface area contributed by atoms with E-state index in [-0.39, 0.29) is 16.7 Å². The molecule has 162 valence electrons. The number of allylic oxidation sites excluding steroid dienone is 6. The molecule has 2 aliphatic heterocycles. The normalized spacial score (nSPS) is 43.1. The maximum atomic E-state index is 13.8. The number of nitrogens with zero attached hydrogens (tertiary/aromatic N) is 2. The van der Waals surface area contributed by atoms with Crippen LogP contribution in [0.5, 0.6) is 0 Å². The fourth-order valence-electron chi connectivity index (χ4n) is 8.40. The molecule has 0 aromatic carbocycles. The zero-order chi connectivity index (χ0) is 20.5. The first-order valence-electron chi connectivity index (χ1n) is 12.7. The Morgan fingerprint density at radius 2 is 1.60 bits per heavy atom. The van der Waals surface area contributed by atoms with Crippen molar-refractivity contribution in [2.75, 3.05) is 26.2 Å². The van der Waals surface area contributed by atoms with Crippen LogP contribution in [-0.4, -0.2) is 41.8 Å². The molecule has 3 fully saturated rings. The molecule has 0 amide bonds. The number of carbonyl (C=O) groups excluding carboxylic acids is 1. The van der Waals surface area contributed by atoms with Crippen molar-refractivity contribution in [1.82, 2.24) is 9.80 Å². The topological polar surface area (TPSA) is 23.6 Å². The predicted molar refractivity (Wildman–Crippen MR) is 121 cm³/mol. The van der Waals surface area contributed by atoms with E-state index in [0.29, 0.717) is 17.6 Å². The summed E-state index contributed by atoms with van der Waals surface area (Å²) in [6, 6.07) is 0. The Morgan fingerprint density at radius 3 is 2.33 bits per heavy atom. The molecule has 0 aromatic rings. The van der Waals surface area contributed by atoms with Gasteiger partial charge in [-0.15, -0.1) is 0 Å². The van der Waals surface area contributed by atoms with Gasteiger partial charge in [-0.1, -0.05) is 26.0 Å². The van der Waals surface area contributed by atoms with E-state index in [4.69, 9.17) is 0 Å². The van der Waals surface area contributed by atoms with Gasteiger partial charge in [0.05, 0.1) is 0 Å². The van der Waals surface area contributed by atoms with Crippen LogP contribution >= 0.6 is 0 Å². The summed E-state index contributed by atoms with van der Waals surface area (Å²) in [5.74, 6) is 1.98. The molecule has 6 aliphatic rings. The van der Waals surface area contributed by atoms with Crippen LogP contribution in [-0.2, 0) is 4.79 Å². The van der Waals surface area contributed by atoms with E-state index < -0.39 is 0 Å². The summed E-state index contributed by atoms with van der Waals surface area (Å²) in [5, 5.41) is 0. The summed E-state index contributed by atoms with van der Waals surface area (Å²) in [6.45, 7) is 9.71. The highest BCUT2D eigenvalue weighted by Gasteiger charge is 2.60. The maximum absolute atomic E-state index is 13.8. The van der Waals surface area contributed by atoms with E-state index in [2.05, 4.69) is 41.9 Å². The van der Waals surface area contributed by atoms with Gasteiger partial charge in [-0.25, -0.2) is 0 Å². The highest BCUT2D eigenvalue weighted by atomic mass is 16.1. The lowest BCUT2D eigenvalue weighted by Crippen LogP contribution is -2.54. The minimum Gasteiger partial charge on any atom is -0.375 e. The van der Waals surface area contributed by atoms with Gasteiger partial charge in [-0.3, -0.25) is 4.79 Å². The number of likely N-dealkylation sites (tertiary alicyclic amines) is 2. The minimum atomic E-state index is 0.0565. The monoisotopic (exact) mass is 406 g/mol. The number of rotatable bonds is 2. The minimum absolute atomic E-state index is 0.0565. The van der Waals surface area contributed by atoms with Crippen molar-refractivity contribution >= 4 is 5.78 Å². The summed E-state index contributed by atoms with van der Waals surface area (Å²) in [7, 11) is 0. The van der Waals surface area contributed by atoms with Crippen molar-refractivity contribution in [3.8, 4) is 0 Å². The standard InChI is InChI=1S/C27H38N2O/c1-26-12-11-20(28-13-3-4-14-28)17-19(26)7-8-21-22-9-10-24(29-15-5-6-16-29)27(22,2)18-23(30)25(21)26/h7,10,17,21-22,25H,3-6,8-9,11-16,18H2,1-2H3/t21-,22-,25+,26-,27-/m0/s1. The van der Waals surface area contributed by atoms with E-state index >= 15 is 0 Å². The van der Waals surface area contributed by atoms with Crippen molar-refractivity contribution in [1.29, 1.82) is 0 Å². The van der Waals surface area contributed by atoms with Crippen LogP contribution in [0.25, 0.3) is 0 Å². The number of ketones is 1. The van der Waals surface area contributed by atoms with Gasteiger partial charge >= 0.3 is 0 Å². The van der Waals surface area contributed by atoms with E-state index in [1.807, 2.05) is 0 Å². The smallest absolute Gasteiger partial charge is 0.138 e. The summed E-state index contributed by atoms with van der Waals surface area (Å²) < 4.78 is 0. The van der Waals surface area contributed by atoms with Gasteiger partial charge in [0, 0.05) is 60.7 Å². The van der Waals surface area contributed by atoms with Gasteiger partial charge in [0.2, 0.25) is 0 Å². The zero-order valence-electron chi connectivity index (χ0n) is 19.0. The molecule has 0 spiro atoms. The molecule has 2 heterocycles. The molecule has 4 aliphatic carbocycles. The summed E-state index contributed by atoms with van der Waals surface area (Å²) in [5.41, 5.74) is 4.69. The van der Waals surface area contributed by atoms with Gasteiger partial charge in [0.1, 0.15) is 5.78 Å². The van der Waals surface area contributed by atoms with Crippen LogP contribution < -0.4 is 0 Å². The first-order chi connectivity index (χ1) is 14.5. The molecule has 0 aromatic heterocycles. The van der Waals surface area contributed by atoms with Crippen LogP contribution in [0.4, 0.5) is 0 Å². The van der Waals surface area contributed by atoms with Crippen LogP contribution in [0.15, 0.2) is 35.2 Å². The van der Waals surface area contributed by atoms with Crippen LogP contribution in [0.1, 0.15) is 71.6 Å². The van der Waals surface area contributed by atoms with E-state index in [1.165, 1.54) is 69.6 Å². The SMILES string of the molecule is C[C@]12CCC(N3CCCC3)=CC1=CC[C@@H]1[C@@H]2C(=O)C[C@]2(C)C(N3CCCC3)=CC[C@@H]12. The molecule has 1 saturated carbocycles. The molecule has 0 N–H and O–H groups in total. The lowest BCUT2D eigenvalue weighted by atomic mass is 9.48. The average Bonchev–Trinajstić information content (AvgIpc) is 3.47. The number of fused-ring (bicyclic) bond motifs is 5. The van der Waals surface area contributed by atoms with Crippen molar-refractivity contribution in [3.05, 3.63) is 35.2 Å². The Morgan fingerprint density at radius 1 is 0.900 bits per heavy atom. The third-order valence-electron chi connectivity index (χ3n) is 9.94. The van der Waals surface area contributed by atoms with Gasteiger partial charge < -0.3 is 9.80 Å². The number of carbonyl (C=O) groups is 1. The predicted octanol–water partition coefficient (Wildman–Crippen LogP) is 5.31. The van der Waals surface area contributed by atoms with Crippen LogP contribution in [0.2, 0.25) is 0 Å². The molecular formula is C27H38N2O. The third-order valence-corrected chi connectivity index (χ3v) is 9.94. The van der Waals surface area contributed by atoms with Crippen molar-refractivity contribution in [3.63, 3.8) is 0 Å². The zero-order valence-corrected chi connectivity index (χ0v) is 19.0. The second-order valence-corrected chi connectivity index (χ2v) is 11.5. The quantitative estimate of drug-likeness (QED) is 0.621. The van der Waals surface area contributed by atoms with Crippen molar-refractivity contribution < 1.29 is 4.79 Å². The molecule has 6 rings (SSSR count). The molecule has 30 heavy (non-hydrogen) atoms. The largest absolute Gasteiger partial charge is 0.375 e. The number of Topliss-reactive ketones (excluding diaryl/α,β-unsaturated/α-hetero) is 1. The van der Waals surface area contributed by atoms with E-state index in [1.54, 1.807) is 5.70 Å². The molecule has 3 heteroatoms. The number of hydrogen-bond donors (Lipinski definition) is 0. The van der Waals surface area contributed by atoms with Crippen molar-refractivity contribution in [2.45, 2.75) is 71.6 Å². The van der Waals surface area contributed by atoms with Crippen LogP contribution in [0, 0.1) is 28.6 Å². The molecular weight excluding hydrogens is 368 g/mol. The molecule has 0 bridgehead atoms. The Kier molecular flexibility index (Phi) is 4.31. The second kappa shape index (κ2) is 6.74. The number of hydrogen-bond acceptors (Lipinski definition) is 3. The summed E-state index contributed by atoms with van der Waals surface area (Å²) >= 11 is 0. The molecule has 0 unspecified atom stereocenters. The highest BCUT2D eigenvalue weighted by Crippen LogP contribution is 2.64. The molecule has 2 saturated heterocycles. The summed E-state index contributed by atoms with van der Waals surface area (Å²) in [4.78, 5) is 19.1. The van der Waals surface area contributed by atoms with E-state index in [0.717, 1.165) is 25.7 Å². The van der Waals surface area contributed by atoms with Crippen molar-refractivity contribution in [2.24, 2.45) is 28.6 Å². The molecule has 5 atom stereocenters. The maximum Gasteiger partial charge on any atom is 0.138 e. The fraction of sp³-hybridized carbons (Fsp3) is 0.741. The first-order valence-corrected chi connectivity index (χ1v) is 12.7. The highest BCUT2D eigenvalue weighted by molar-refractivity contribution is 5.85. The van der Waals surface area contributed by atoms with Crippen LogP contribution in [0.3, 0.4) is 0 Å². The Balaban J connectivity index is 1.32. The van der Waals surface area contributed by atoms with Gasteiger partial charge in [0.15, 0.2) is 0 Å². The lowest BCUT2D eigenvalue weighted by Gasteiger charge is -2.56. The first kappa shape index (κ1) is 19.2. The average molecular weight is 407 g/mol. The van der Waals surface area contributed by atoms with Gasteiger partial charge in [0.25, 0.3) is 0 Å². The second-order valence-electron chi connectivity index (χ2n) is 11.5. The van der Waals surface area contributed by atoms with Gasteiger partial charge in [-0.05, 0) is 74.9 Å². The fourth-order valence-corrected chi connectivity index (χ4v) is 8.40. The Bertz CT molecular complexity index is 841. The molecule has 3 nitrogen and oxygen atoms in total. The molecule has 0 radical (unpaired) electrons. The third kappa shape index (κ3) is 2.59. The Labute approximate surface area is 182 Å². The summed E-state index contributed by atoms with van der Waals surface area (Å²) in [6.07, 6.45) is 18.2. The Hall–Kier alpha value is -1.51.